The Kier molecular flexibility index (Phi) is 4.88. The molecule has 2 heterocycles. The van der Waals surface area contributed by atoms with Crippen LogP contribution in [-0.4, -0.2) is 24.3 Å². The Hall–Kier alpha value is -1.99. The molecular weight excluding hydrogens is 334 g/mol. The number of halogens is 1. The Morgan fingerprint density at radius 2 is 2.00 bits per heavy atom. The first-order valence-corrected chi connectivity index (χ1v) is 8.36. The molecule has 0 unspecified atom stereocenters. The summed E-state index contributed by atoms with van der Waals surface area (Å²) in [5, 5.41) is 9.79. The van der Waals surface area contributed by atoms with Gasteiger partial charge in [0.2, 0.25) is 0 Å². The SMILES string of the molecule is Cn1ccnc1CSc1nnc(COc2ccccc2Cl)n1C. The van der Waals surface area contributed by atoms with E-state index < -0.39 is 0 Å². The predicted molar refractivity (Wildman–Crippen MR) is 89.6 cm³/mol. The van der Waals surface area contributed by atoms with Crippen LogP contribution >= 0.6 is 23.4 Å². The summed E-state index contributed by atoms with van der Waals surface area (Å²) < 4.78 is 9.62. The molecule has 0 atom stereocenters. The first-order chi connectivity index (χ1) is 11.1. The van der Waals surface area contributed by atoms with E-state index in [2.05, 4.69) is 15.2 Å². The van der Waals surface area contributed by atoms with Crippen LogP contribution in [0.1, 0.15) is 11.6 Å². The number of hydrogen-bond donors (Lipinski definition) is 0. The molecule has 0 bridgehead atoms. The minimum atomic E-state index is 0.316. The van der Waals surface area contributed by atoms with Crippen molar-refractivity contribution in [2.24, 2.45) is 14.1 Å². The lowest BCUT2D eigenvalue weighted by Gasteiger charge is -2.07. The van der Waals surface area contributed by atoms with Gasteiger partial charge in [-0.1, -0.05) is 35.5 Å². The first kappa shape index (κ1) is 15.9. The molecule has 0 amide bonds. The second-order valence-electron chi connectivity index (χ2n) is 4.92. The molecule has 6 nitrogen and oxygen atoms in total. The molecule has 0 saturated carbocycles. The number of aryl methyl sites for hydroxylation is 1. The van der Waals surface area contributed by atoms with Crippen LogP contribution in [0.15, 0.2) is 41.8 Å². The maximum atomic E-state index is 6.08. The topological polar surface area (TPSA) is 57.8 Å². The molecule has 0 fully saturated rings. The van der Waals surface area contributed by atoms with Gasteiger partial charge in [-0.15, -0.1) is 10.2 Å². The van der Waals surface area contributed by atoms with Gasteiger partial charge in [0.05, 0.1) is 10.8 Å². The van der Waals surface area contributed by atoms with E-state index in [4.69, 9.17) is 16.3 Å². The zero-order valence-corrected chi connectivity index (χ0v) is 14.4. The van der Waals surface area contributed by atoms with E-state index in [0.29, 0.717) is 17.4 Å². The fourth-order valence-electron chi connectivity index (χ4n) is 1.97. The molecule has 3 rings (SSSR count). The van der Waals surface area contributed by atoms with Gasteiger partial charge in [0, 0.05) is 26.5 Å². The second kappa shape index (κ2) is 7.06. The van der Waals surface area contributed by atoms with E-state index in [1.54, 1.807) is 24.0 Å². The zero-order valence-electron chi connectivity index (χ0n) is 12.8. The fourth-order valence-corrected chi connectivity index (χ4v) is 3.09. The molecule has 23 heavy (non-hydrogen) atoms. The van der Waals surface area contributed by atoms with Crippen molar-refractivity contribution in [2.75, 3.05) is 0 Å². The summed E-state index contributed by atoms with van der Waals surface area (Å²) in [6.07, 6.45) is 3.71. The highest BCUT2D eigenvalue weighted by atomic mass is 35.5. The maximum Gasteiger partial charge on any atom is 0.191 e. The summed E-state index contributed by atoms with van der Waals surface area (Å²) in [6, 6.07) is 7.37. The second-order valence-corrected chi connectivity index (χ2v) is 6.27. The molecule has 1 aromatic carbocycles. The molecule has 3 aromatic rings. The predicted octanol–water partition coefficient (Wildman–Crippen LogP) is 3.07. The minimum absolute atomic E-state index is 0.316. The van der Waals surface area contributed by atoms with Crippen molar-refractivity contribution in [2.45, 2.75) is 17.5 Å². The first-order valence-electron chi connectivity index (χ1n) is 6.99. The van der Waals surface area contributed by atoms with Crippen molar-refractivity contribution in [3.8, 4) is 5.75 Å². The summed E-state index contributed by atoms with van der Waals surface area (Å²) in [5.74, 6) is 3.11. The lowest BCUT2D eigenvalue weighted by molar-refractivity contribution is 0.290. The summed E-state index contributed by atoms with van der Waals surface area (Å²) in [6.45, 7) is 0.316. The monoisotopic (exact) mass is 349 g/mol. The highest BCUT2D eigenvalue weighted by Gasteiger charge is 2.12. The average Bonchev–Trinajstić information content (AvgIpc) is 3.11. The van der Waals surface area contributed by atoms with Crippen LogP contribution in [0.3, 0.4) is 0 Å². The molecule has 0 aliphatic heterocycles. The Labute approximate surface area is 143 Å². The molecule has 0 radical (unpaired) electrons. The van der Waals surface area contributed by atoms with Crippen LogP contribution < -0.4 is 4.74 Å². The Bertz CT molecular complexity index is 801. The van der Waals surface area contributed by atoms with E-state index >= 15 is 0 Å². The number of ether oxygens (including phenoxy) is 1. The van der Waals surface area contributed by atoms with Gasteiger partial charge in [0.25, 0.3) is 0 Å². The molecule has 0 spiro atoms. The number of hydrogen-bond acceptors (Lipinski definition) is 5. The number of rotatable bonds is 6. The van der Waals surface area contributed by atoms with Crippen molar-refractivity contribution in [3.05, 3.63) is 53.3 Å². The van der Waals surface area contributed by atoms with Crippen molar-refractivity contribution < 1.29 is 4.74 Å². The van der Waals surface area contributed by atoms with E-state index in [-0.39, 0.29) is 0 Å². The van der Waals surface area contributed by atoms with Gasteiger partial charge in [-0.05, 0) is 12.1 Å². The lowest BCUT2D eigenvalue weighted by atomic mass is 10.3. The Balaban J connectivity index is 1.63. The standard InChI is InChI=1S/C15H16ClN5OS/c1-20-8-7-17-14(20)10-23-15-19-18-13(21(15)2)9-22-12-6-4-3-5-11(12)16/h3-8H,9-10H2,1-2H3. The Morgan fingerprint density at radius 3 is 2.74 bits per heavy atom. The number of para-hydroxylation sites is 1. The van der Waals surface area contributed by atoms with Gasteiger partial charge >= 0.3 is 0 Å². The van der Waals surface area contributed by atoms with E-state index in [0.717, 1.165) is 22.6 Å². The maximum absolute atomic E-state index is 6.08. The van der Waals surface area contributed by atoms with Gasteiger partial charge in [-0.2, -0.15) is 0 Å². The Morgan fingerprint density at radius 1 is 1.17 bits per heavy atom. The molecule has 2 aromatic heterocycles. The quantitative estimate of drug-likeness (QED) is 0.640. The number of thioether (sulfide) groups is 1. The summed E-state index contributed by atoms with van der Waals surface area (Å²) in [4.78, 5) is 4.30. The zero-order chi connectivity index (χ0) is 16.2. The van der Waals surface area contributed by atoms with Crippen molar-refractivity contribution in [1.29, 1.82) is 0 Å². The molecule has 0 aliphatic carbocycles. The van der Waals surface area contributed by atoms with Crippen LogP contribution in [0.5, 0.6) is 5.75 Å². The summed E-state index contributed by atoms with van der Waals surface area (Å²) in [5.41, 5.74) is 0. The van der Waals surface area contributed by atoms with E-state index in [1.807, 2.05) is 47.6 Å². The third-order valence-electron chi connectivity index (χ3n) is 3.37. The highest BCUT2D eigenvalue weighted by molar-refractivity contribution is 7.98. The van der Waals surface area contributed by atoms with E-state index in [9.17, 15) is 0 Å². The van der Waals surface area contributed by atoms with E-state index in [1.165, 1.54) is 0 Å². The number of aromatic nitrogens is 5. The third kappa shape index (κ3) is 3.68. The smallest absolute Gasteiger partial charge is 0.191 e. The van der Waals surface area contributed by atoms with Crippen molar-refractivity contribution in [1.82, 2.24) is 24.3 Å². The highest BCUT2D eigenvalue weighted by Crippen LogP contribution is 2.25. The van der Waals surface area contributed by atoms with Gasteiger partial charge in [-0.3, -0.25) is 0 Å². The molecular formula is C15H16ClN5OS. The van der Waals surface area contributed by atoms with Crippen LogP contribution in [0.25, 0.3) is 0 Å². The number of imidazole rings is 1. The van der Waals surface area contributed by atoms with Gasteiger partial charge < -0.3 is 13.9 Å². The van der Waals surface area contributed by atoms with Gasteiger partial charge in [0.1, 0.15) is 18.2 Å². The molecule has 120 valence electrons. The largest absolute Gasteiger partial charge is 0.484 e. The number of benzene rings is 1. The molecule has 8 heteroatoms. The molecule has 0 saturated heterocycles. The van der Waals surface area contributed by atoms with Crippen LogP contribution in [-0.2, 0) is 26.5 Å². The molecule has 0 N–H and O–H groups in total. The summed E-state index contributed by atoms with van der Waals surface area (Å²) >= 11 is 7.66. The normalized spacial score (nSPS) is 10.9. The van der Waals surface area contributed by atoms with Crippen LogP contribution in [0, 0.1) is 0 Å². The van der Waals surface area contributed by atoms with Crippen LogP contribution in [0.4, 0.5) is 0 Å². The van der Waals surface area contributed by atoms with Gasteiger partial charge in [0.15, 0.2) is 11.0 Å². The fraction of sp³-hybridized carbons (Fsp3) is 0.267. The van der Waals surface area contributed by atoms with Gasteiger partial charge in [-0.25, -0.2) is 4.98 Å². The summed E-state index contributed by atoms with van der Waals surface area (Å²) in [7, 11) is 3.90. The third-order valence-corrected chi connectivity index (χ3v) is 4.70. The number of nitrogens with zero attached hydrogens (tertiary/aromatic N) is 5. The molecule has 0 aliphatic rings. The average molecular weight is 350 g/mol. The van der Waals surface area contributed by atoms with Crippen molar-refractivity contribution >= 4 is 23.4 Å². The minimum Gasteiger partial charge on any atom is -0.484 e. The lowest BCUT2D eigenvalue weighted by Crippen LogP contribution is -2.04. The van der Waals surface area contributed by atoms with Crippen LogP contribution in [0.2, 0.25) is 5.02 Å². The van der Waals surface area contributed by atoms with Crippen molar-refractivity contribution in [3.63, 3.8) is 0 Å².